The maximum atomic E-state index is 13.8. The number of likely N-dealkylation sites (tertiary alicyclic amines) is 1. The second-order valence-electron chi connectivity index (χ2n) is 8.57. The SMILES string of the molecule is CCN1C[C@H](O)C[C@H]1C(=O)Oc1nc(C(F)(F)F)nc(-c2ccc(F)cc2)c1-c1cccc(S(N)(=O)=O)c1. The number of nitrogens with zero attached hydrogens (tertiary/aromatic N) is 3. The molecule has 2 atom stereocenters. The van der Waals surface area contributed by atoms with Crippen molar-refractivity contribution in [1.29, 1.82) is 0 Å². The Morgan fingerprint density at radius 1 is 1.16 bits per heavy atom. The molecule has 1 aliphatic heterocycles. The van der Waals surface area contributed by atoms with Crippen molar-refractivity contribution in [2.45, 2.75) is 36.6 Å². The molecular weight excluding hydrogens is 532 g/mol. The fourth-order valence-electron chi connectivity index (χ4n) is 4.18. The number of aliphatic hydroxyl groups is 1. The third kappa shape index (κ3) is 5.83. The molecule has 1 aliphatic rings. The van der Waals surface area contributed by atoms with Gasteiger partial charge in [-0.15, -0.1) is 0 Å². The van der Waals surface area contributed by atoms with Crippen molar-refractivity contribution in [3.8, 4) is 28.3 Å². The van der Waals surface area contributed by atoms with Crippen LogP contribution in [0, 0.1) is 5.82 Å². The number of hydrogen-bond acceptors (Lipinski definition) is 8. The zero-order valence-electron chi connectivity index (χ0n) is 19.8. The summed E-state index contributed by atoms with van der Waals surface area (Å²) in [5.74, 6) is -4.06. The fourth-order valence-corrected chi connectivity index (χ4v) is 4.74. The van der Waals surface area contributed by atoms with Gasteiger partial charge in [-0.25, -0.2) is 27.7 Å². The number of benzene rings is 2. The molecule has 4 rings (SSSR count). The van der Waals surface area contributed by atoms with Gasteiger partial charge in [-0.1, -0.05) is 19.1 Å². The molecule has 0 radical (unpaired) electrons. The lowest BCUT2D eigenvalue weighted by Crippen LogP contribution is -2.38. The molecule has 0 unspecified atom stereocenters. The van der Waals surface area contributed by atoms with Crippen LogP contribution in [0.5, 0.6) is 5.88 Å². The highest BCUT2D eigenvalue weighted by atomic mass is 32.2. The van der Waals surface area contributed by atoms with E-state index in [1.165, 1.54) is 30.3 Å². The molecule has 0 saturated carbocycles. The number of ether oxygens (including phenoxy) is 1. The number of nitrogens with two attached hydrogens (primary N) is 1. The number of rotatable bonds is 6. The molecule has 2 aromatic carbocycles. The first-order chi connectivity index (χ1) is 17.8. The van der Waals surface area contributed by atoms with Crippen LogP contribution >= 0.6 is 0 Å². The predicted molar refractivity (Wildman–Crippen MR) is 127 cm³/mol. The number of carbonyl (C=O) groups is 1. The smallest absolute Gasteiger partial charge is 0.405 e. The zero-order chi connectivity index (χ0) is 27.8. The topological polar surface area (TPSA) is 136 Å². The molecule has 0 amide bonds. The maximum Gasteiger partial charge on any atom is 0.451 e. The van der Waals surface area contributed by atoms with Crippen LogP contribution in [0.25, 0.3) is 22.4 Å². The van der Waals surface area contributed by atoms with Gasteiger partial charge in [-0.3, -0.25) is 4.90 Å². The molecule has 9 nitrogen and oxygen atoms in total. The number of halogens is 4. The lowest BCUT2D eigenvalue weighted by Gasteiger charge is -2.22. The van der Waals surface area contributed by atoms with E-state index in [0.29, 0.717) is 6.54 Å². The largest absolute Gasteiger partial charge is 0.451 e. The van der Waals surface area contributed by atoms with Gasteiger partial charge >= 0.3 is 12.1 Å². The van der Waals surface area contributed by atoms with Crippen molar-refractivity contribution in [3.05, 3.63) is 60.2 Å². The second kappa shape index (κ2) is 10.4. The first kappa shape index (κ1) is 27.6. The summed E-state index contributed by atoms with van der Waals surface area (Å²) in [5.41, 5.74) is -0.643. The van der Waals surface area contributed by atoms with Gasteiger partial charge in [0.25, 0.3) is 0 Å². The highest BCUT2D eigenvalue weighted by Crippen LogP contribution is 2.41. The van der Waals surface area contributed by atoms with Gasteiger partial charge in [0.1, 0.15) is 11.9 Å². The standard InChI is InChI=1S/C24H22F4N4O5S/c1-2-32-12-16(33)11-18(32)22(34)37-21-19(14-4-3-5-17(10-14)38(29,35)36)20(13-6-8-15(25)9-7-13)30-23(31-21)24(26,27)28/h3-10,16,18,33H,2,11-12H2,1H3,(H2,29,35,36)/t16-,18+/m1/s1. The van der Waals surface area contributed by atoms with E-state index in [-0.39, 0.29) is 40.2 Å². The van der Waals surface area contributed by atoms with Crippen LogP contribution in [0.1, 0.15) is 19.2 Å². The Bertz CT molecular complexity index is 1470. The minimum Gasteiger partial charge on any atom is -0.405 e. The summed E-state index contributed by atoms with van der Waals surface area (Å²) in [6.45, 7) is 2.26. The molecule has 38 heavy (non-hydrogen) atoms. The quantitative estimate of drug-likeness (QED) is 0.351. The molecule has 14 heteroatoms. The van der Waals surface area contributed by atoms with Crippen LogP contribution in [0.2, 0.25) is 0 Å². The third-order valence-corrected chi connectivity index (χ3v) is 6.87. The number of aliphatic hydroxyl groups excluding tert-OH is 1. The summed E-state index contributed by atoms with van der Waals surface area (Å²) in [4.78, 5) is 21.5. The number of sulfonamides is 1. The van der Waals surface area contributed by atoms with Crippen molar-refractivity contribution in [1.82, 2.24) is 14.9 Å². The van der Waals surface area contributed by atoms with Gasteiger partial charge in [0.2, 0.25) is 21.7 Å². The van der Waals surface area contributed by atoms with Crippen molar-refractivity contribution in [2.75, 3.05) is 13.1 Å². The van der Waals surface area contributed by atoms with Crippen LogP contribution in [0.4, 0.5) is 17.6 Å². The van der Waals surface area contributed by atoms with E-state index in [9.17, 15) is 35.9 Å². The van der Waals surface area contributed by atoms with Crippen LogP contribution in [-0.4, -0.2) is 59.6 Å². The van der Waals surface area contributed by atoms with Gasteiger partial charge in [-0.2, -0.15) is 18.2 Å². The summed E-state index contributed by atoms with van der Waals surface area (Å²) in [6.07, 6.45) is -5.91. The van der Waals surface area contributed by atoms with Crippen LogP contribution < -0.4 is 9.88 Å². The van der Waals surface area contributed by atoms with Crippen molar-refractivity contribution < 1.29 is 40.6 Å². The van der Waals surface area contributed by atoms with Crippen molar-refractivity contribution >= 4 is 16.0 Å². The van der Waals surface area contributed by atoms with Crippen molar-refractivity contribution in [2.24, 2.45) is 5.14 Å². The molecule has 0 spiro atoms. The number of esters is 1. The Labute approximate surface area is 214 Å². The minimum atomic E-state index is -5.06. The summed E-state index contributed by atoms with van der Waals surface area (Å²) >= 11 is 0. The normalized spacial score (nSPS) is 18.5. The lowest BCUT2D eigenvalue weighted by atomic mass is 10.00. The van der Waals surface area contributed by atoms with Gasteiger partial charge in [0.15, 0.2) is 0 Å². The number of β-amino-alcohol motifs (C(OH)–C–C–N with tert-alkyl or cyclic N) is 1. The molecule has 202 valence electrons. The van der Waals surface area contributed by atoms with Gasteiger partial charge < -0.3 is 9.84 Å². The first-order valence-electron chi connectivity index (χ1n) is 11.3. The van der Waals surface area contributed by atoms with Crippen LogP contribution in [0.3, 0.4) is 0 Å². The average Bonchev–Trinajstić information content (AvgIpc) is 3.24. The lowest BCUT2D eigenvalue weighted by molar-refractivity contribution is -0.146. The summed E-state index contributed by atoms with van der Waals surface area (Å²) in [7, 11) is -4.23. The van der Waals surface area contributed by atoms with E-state index in [2.05, 4.69) is 9.97 Å². The predicted octanol–water partition coefficient (Wildman–Crippen LogP) is 2.98. The van der Waals surface area contributed by atoms with Gasteiger partial charge in [0.05, 0.1) is 22.3 Å². The number of alkyl halides is 3. The molecular formula is C24H22F4N4O5S. The first-order valence-corrected chi connectivity index (χ1v) is 12.8. The molecule has 1 fully saturated rings. The Hall–Kier alpha value is -3.46. The van der Waals surface area contributed by atoms with E-state index >= 15 is 0 Å². The Balaban J connectivity index is 1.97. The minimum absolute atomic E-state index is 0.00899. The maximum absolute atomic E-state index is 13.8. The van der Waals surface area contributed by atoms with Crippen molar-refractivity contribution in [3.63, 3.8) is 0 Å². The number of primary sulfonamides is 1. The third-order valence-electron chi connectivity index (χ3n) is 5.96. The van der Waals surface area contributed by atoms with E-state index in [0.717, 1.165) is 18.2 Å². The summed E-state index contributed by atoms with van der Waals surface area (Å²) < 4.78 is 84.5. The summed E-state index contributed by atoms with van der Waals surface area (Å²) in [6, 6.07) is 8.26. The van der Waals surface area contributed by atoms with Gasteiger partial charge in [0, 0.05) is 18.5 Å². The average molecular weight is 555 g/mol. The number of aromatic nitrogens is 2. The van der Waals surface area contributed by atoms with E-state index in [1.54, 1.807) is 11.8 Å². The second-order valence-corrected chi connectivity index (χ2v) is 10.1. The highest BCUT2D eigenvalue weighted by molar-refractivity contribution is 7.89. The van der Waals surface area contributed by atoms with E-state index in [1.807, 2.05) is 0 Å². The Morgan fingerprint density at radius 2 is 1.84 bits per heavy atom. The molecule has 2 heterocycles. The highest BCUT2D eigenvalue weighted by Gasteiger charge is 2.40. The number of hydrogen-bond donors (Lipinski definition) is 2. The van der Waals surface area contributed by atoms with E-state index in [4.69, 9.17) is 9.88 Å². The zero-order valence-corrected chi connectivity index (χ0v) is 20.6. The molecule has 3 N–H and O–H groups in total. The van der Waals surface area contributed by atoms with Crippen LogP contribution in [0.15, 0.2) is 53.4 Å². The van der Waals surface area contributed by atoms with Gasteiger partial charge in [-0.05, 0) is 48.5 Å². The molecule has 0 bridgehead atoms. The number of carbonyl (C=O) groups excluding carboxylic acids is 1. The summed E-state index contributed by atoms with van der Waals surface area (Å²) in [5, 5.41) is 15.2. The molecule has 1 aromatic heterocycles. The number of likely N-dealkylation sites (N-methyl/N-ethyl adjacent to an activating group) is 1. The van der Waals surface area contributed by atoms with Crippen LogP contribution in [-0.2, 0) is 21.0 Å². The fraction of sp³-hybridized carbons (Fsp3) is 0.292. The van der Waals surface area contributed by atoms with E-state index < -0.39 is 51.8 Å². The monoisotopic (exact) mass is 554 g/mol. The Kier molecular flexibility index (Phi) is 7.52. The molecule has 3 aromatic rings. The molecule has 1 saturated heterocycles. The molecule has 0 aliphatic carbocycles. The Morgan fingerprint density at radius 3 is 2.45 bits per heavy atom.